The van der Waals surface area contributed by atoms with Gasteiger partial charge in [-0.05, 0) is 43.7 Å². The van der Waals surface area contributed by atoms with Crippen molar-refractivity contribution in [3.05, 3.63) is 82.7 Å². The molecule has 1 aliphatic rings. The molecule has 0 unspecified atom stereocenters. The molecule has 0 spiro atoms. The van der Waals surface area contributed by atoms with Crippen LogP contribution in [0.15, 0.2) is 59.1 Å². The number of aryl methyl sites for hydroxylation is 2. The van der Waals surface area contributed by atoms with Crippen LogP contribution in [0, 0.1) is 13.8 Å². The molecule has 156 valence electrons. The first-order valence-corrected chi connectivity index (χ1v) is 10.3. The summed E-state index contributed by atoms with van der Waals surface area (Å²) < 4.78 is 11.0. The largest absolute Gasteiger partial charge is 0.489 e. The Morgan fingerprint density at radius 2 is 1.70 bits per heavy atom. The predicted molar refractivity (Wildman–Crippen MR) is 114 cm³/mol. The van der Waals surface area contributed by atoms with E-state index < -0.39 is 0 Å². The second kappa shape index (κ2) is 9.13. The first-order chi connectivity index (χ1) is 14.6. The number of amides is 1. The summed E-state index contributed by atoms with van der Waals surface area (Å²) >= 11 is 0. The number of benzene rings is 2. The fraction of sp³-hybridized carbons (Fsp3) is 0.333. The van der Waals surface area contributed by atoms with Crippen molar-refractivity contribution < 1.29 is 14.1 Å². The number of carbonyl (C=O) groups excluding carboxylic acids is 1. The normalized spacial score (nSPS) is 14.7. The van der Waals surface area contributed by atoms with E-state index in [4.69, 9.17) is 9.26 Å². The fourth-order valence-corrected chi connectivity index (χ4v) is 3.69. The summed E-state index contributed by atoms with van der Waals surface area (Å²) in [7, 11) is 0. The number of aromatic nitrogens is 1. The Hall–Kier alpha value is -3.12. The molecule has 0 bridgehead atoms. The second-order valence-electron chi connectivity index (χ2n) is 7.67. The number of nitrogens with zero attached hydrogens (tertiary/aromatic N) is 3. The Morgan fingerprint density at radius 1 is 1.00 bits per heavy atom. The second-order valence-corrected chi connectivity index (χ2v) is 7.67. The summed E-state index contributed by atoms with van der Waals surface area (Å²) in [5.41, 5.74) is 3.80. The van der Waals surface area contributed by atoms with Crippen molar-refractivity contribution >= 4 is 5.91 Å². The molecule has 2 heterocycles. The first-order valence-electron chi connectivity index (χ1n) is 10.3. The molecule has 1 fully saturated rings. The van der Waals surface area contributed by atoms with Gasteiger partial charge in [0.15, 0.2) is 0 Å². The minimum atomic E-state index is 0.0756. The van der Waals surface area contributed by atoms with E-state index in [1.165, 1.54) is 5.56 Å². The zero-order chi connectivity index (χ0) is 20.9. The van der Waals surface area contributed by atoms with Gasteiger partial charge in [-0.15, -0.1) is 0 Å². The molecular weight excluding hydrogens is 378 g/mol. The van der Waals surface area contributed by atoms with Gasteiger partial charge in [0, 0.05) is 38.3 Å². The summed E-state index contributed by atoms with van der Waals surface area (Å²) in [5, 5.41) is 3.94. The zero-order valence-electron chi connectivity index (χ0n) is 17.5. The lowest BCUT2D eigenvalue weighted by Gasteiger charge is -2.34. The van der Waals surface area contributed by atoms with Crippen molar-refractivity contribution in [1.29, 1.82) is 0 Å². The summed E-state index contributed by atoms with van der Waals surface area (Å²) in [6.07, 6.45) is 0. The maximum absolute atomic E-state index is 12.9. The minimum absolute atomic E-state index is 0.0756. The Bertz CT molecular complexity index is 955. The van der Waals surface area contributed by atoms with Crippen LogP contribution in [-0.2, 0) is 13.2 Å². The van der Waals surface area contributed by atoms with Gasteiger partial charge in [-0.2, -0.15) is 0 Å². The van der Waals surface area contributed by atoms with E-state index in [9.17, 15) is 4.79 Å². The van der Waals surface area contributed by atoms with E-state index >= 15 is 0 Å². The van der Waals surface area contributed by atoms with Gasteiger partial charge in [0.2, 0.25) is 0 Å². The molecule has 0 radical (unpaired) electrons. The monoisotopic (exact) mass is 405 g/mol. The lowest BCUT2D eigenvalue weighted by molar-refractivity contribution is 0.0628. The average molecular weight is 405 g/mol. The van der Waals surface area contributed by atoms with Crippen molar-refractivity contribution in [2.45, 2.75) is 27.0 Å². The summed E-state index contributed by atoms with van der Waals surface area (Å²) in [6, 6.07) is 17.8. The van der Waals surface area contributed by atoms with Crippen LogP contribution in [0.5, 0.6) is 5.75 Å². The standard InChI is InChI=1S/C24H27N3O3/c1-18-23(19(2)30-25-18)17-29-22-10-8-21(9-11-22)24(28)27-14-12-26(13-15-27)16-20-6-4-3-5-7-20/h3-11H,12-17H2,1-2H3. The molecule has 1 aliphatic heterocycles. The van der Waals surface area contributed by atoms with Crippen LogP contribution >= 0.6 is 0 Å². The molecule has 0 N–H and O–H groups in total. The molecule has 0 aliphatic carbocycles. The van der Waals surface area contributed by atoms with Crippen LogP contribution in [0.1, 0.15) is 32.9 Å². The van der Waals surface area contributed by atoms with Crippen molar-refractivity contribution in [3.8, 4) is 5.75 Å². The van der Waals surface area contributed by atoms with Crippen LogP contribution < -0.4 is 4.74 Å². The van der Waals surface area contributed by atoms with Crippen molar-refractivity contribution in [3.63, 3.8) is 0 Å². The molecule has 3 aromatic rings. The highest BCUT2D eigenvalue weighted by Gasteiger charge is 2.22. The predicted octanol–water partition coefficient (Wildman–Crippen LogP) is 3.83. The zero-order valence-corrected chi connectivity index (χ0v) is 17.5. The molecule has 6 heteroatoms. The first kappa shape index (κ1) is 20.2. The number of piperazine rings is 1. The van der Waals surface area contributed by atoms with Crippen LogP contribution in [0.25, 0.3) is 0 Å². The molecule has 4 rings (SSSR count). The highest BCUT2D eigenvalue weighted by atomic mass is 16.5. The quantitative estimate of drug-likeness (QED) is 0.624. The number of rotatable bonds is 6. The molecule has 1 aromatic heterocycles. The SMILES string of the molecule is Cc1noc(C)c1COc1ccc(C(=O)N2CCN(Cc3ccccc3)CC2)cc1. The van der Waals surface area contributed by atoms with Crippen LogP contribution in [0.3, 0.4) is 0 Å². The average Bonchev–Trinajstić information content (AvgIpc) is 3.11. The number of hydrogen-bond acceptors (Lipinski definition) is 5. The van der Waals surface area contributed by atoms with Crippen molar-refractivity contribution in [1.82, 2.24) is 15.0 Å². The fourth-order valence-electron chi connectivity index (χ4n) is 3.69. The summed E-state index contributed by atoms with van der Waals surface area (Å²) in [5.74, 6) is 1.57. The van der Waals surface area contributed by atoms with Gasteiger partial charge in [-0.3, -0.25) is 9.69 Å². The third-order valence-electron chi connectivity index (χ3n) is 5.57. The summed E-state index contributed by atoms with van der Waals surface area (Å²) in [4.78, 5) is 17.2. The van der Waals surface area contributed by atoms with Crippen LogP contribution in [-0.4, -0.2) is 47.0 Å². The van der Waals surface area contributed by atoms with E-state index in [2.05, 4.69) is 34.3 Å². The lowest BCUT2D eigenvalue weighted by atomic mass is 10.1. The molecule has 30 heavy (non-hydrogen) atoms. The Morgan fingerprint density at radius 3 is 2.33 bits per heavy atom. The molecule has 2 aromatic carbocycles. The van der Waals surface area contributed by atoms with Gasteiger partial charge in [-0.25, -0.2) is 0 Å². The maximum Gasteiger partial charge on any atom is 0.253 e. The van der Waals surface area contributed by atoms with Gasteiger partial charge >= 0.3 is 0 Å². The Balaban J connectivity index is 1.29. The number of ether oxygens (including phenoxy) is 1. The minimum Gasteiger partial charge on any atom is -0.489 e. The van der Waals surface area contributed by atoms with Crippen LogP contribution in [0.4, 0.5) is 0 Å². The highest BCUT2D eigenvalue weighted by Crippen LogP contribution is 2.19. The third-order valence-corrected chi connectivity index (χ3v) is 5.57. The van der Waals surface area contributed by atoms with Gasteiger partial charge in [0.25, 0.3) is 5.91 Å². The molecule has 1 amide bonds. The van der Waals surface area contributed by atoms with Crippen molar-refractivity contribution in [2.24, 2.45) is 0 Å². The highest BCUT2D eigenvalue weighted by molar-refractivity contribution is 5.94. The van der Waals surface area contributed by atoms with Gasteiger partial charge < -0.3 is 14.2 Å². The Labute approximate surface area is 177 Å². The van der Waals surface area contributed by atoms with E-state index in [1.54, 1.807) is 0 Å². The van der Waals surface area contributed by atoms with E-state index in [1.807, 2.05) is 49.1 Å². The van der Waals surface area contributed by atoms with E-state index in [0.29, 0.717) is 12.2 Å². The van der Waals surface area contributed by atoms with Gasteiger partial charge in [0.1, 0.15) is 18.1 Å². The van der Waals surface area contributed by atoms with E-state index in [0.717, 1.165) is 55.5 Å². The lowest BCUT2D eigenvalue weighted by Crippen LogP contribution is -2.48. The Kier molecular flexibility index (Phi) is 6.14. The number of carbonyl (C=O) groups is 1. The van der Waals surface area contributed by atoms with Crippen molar-refractivity contribution in [2.75, 3.05) is 26.2 Å². The maximum atomic E-state index is 12.9. The molecule has 0 atom stereocenters. The van der Waals surface area contributed by atoms with Crippen LogP contribution in [0.2, 0.25) is 0 Å². The summed E-state index contributed by atoms with van der Waals surface area (Å²) in [6.45, 7) is 8.37. The van der Waals surface area contributed by atoms with Gasteiger partial charge in [0.05, 0.1) is 11.3 Å². The topological polar surface area (TPSA) is 58.8 Å². The number of hydrogen-bond donors (Lipinski definition) is 0. The van der Waals surface area contributed by atoms with Gasteiger partial charge in [-0.1, -0.05) is 35.5 Å². The molecule has 6 nitrogen and oxygen atoms in total. The molecule has 1 saturated heterocycles. The molecular formula is C24H27N3O3. The third kappa shape index (κ3) is 4.71. The van der Waals surface area contributed by atoms with E-state index in [-0.39, 0.29) is 5.91 Å². The smallest absolute Gasteiger partial charge is 0.253 e. The molecule has 0 saturated carbocycles.